The van der Waals surface area contributed by atoms with Gasteiger partial charge in [-0.15, -0.1) is 0 Å². The summed E-state index contributed by atoms with van der Waals surface area (Å²) < 4.78 is 1.10. The fourth-order valence-corrected chi connectivity index (χ4v) is 2.35. The van der Waals surface area contributed by atoms with Crippen molar-refractivity contribution in [3.05, 3.63) is 57.6 Å². The van der Waals surface area contributed by atoms with E-state index < -0.39 is 0 Å². The van der Waals surface area contributed by atoms with E-state index in [4.69, 9.17) is 5.73 Å². The number of halogens is 1. The summed E-state index contributed by atoms with van der Waals surface area (Å²) in [5.41, 5.74) is 11.5. The van der Waals surface area contributed by atoms with Gasteiger partial charge in [0.25, 0.3) is 0 Å². The Balaban J connectivity index is 2.19. The van der Waals surface area contributed by atoms with Crippen LogP contribution < -0.4 is 11.1 Å². The molecule has 0 heterocycles. The molecule has 2 aromatic rings. The number of para-hydroxylation sites is 1. The Labute approximate surface area is 116 Å². The van der Waals surface area contributed by atoms with Gasteiger partial charge in [-0.25, -0.2) is 0 Å². The second kappa shape index (κ2) is 5.44. The second-order valence-electron chi connectivity index (χ2n) is 4.46. The summed E-state index contributed by atoms with van der Waals surface area (Å²) in [4.78, 5) is 0. The number of nitrogens with two attached hydrogens (primary N) is 1. The maximum atomic E-state index is 5.98. The van der Waals surface area contributed by atoms with Gasteiger partial charge in [0, 0.05) is 11.0 Å². The molecule has 18 heavy (non-hydrogen) atoms. The van der Waals surface area contributed by atoms with Gasteiger partial charge in [0.1, 0.15) is 0 Å². The Bertz CT molecular complexity index is 544. The van der Waals surface area contributed by atoms with Crippen molar-refractivity contribution in [3.8, 4) is 0 Å². The minimum atomic E-state index is 0.778. The molecule has 0 aliphatic rings. The summed E-state index contributed by atoms with van der Waals surface area (Å²) in [5, 5.41) is 3.42. The molecule has 2 aromatic carbocycles. The number of anilines is 2. The summed E-state index contributed by atoms with van der Waals surface area (Å²) in [6.45, 7) is 4.96. The minimum Gasteiger partial charge on any atom is -0.397 e. The molecular formula is C15H17BrN2. The predicted molar refractivity (Wildman–Crippen MR) is 81.8 cm³/mol. The molecule has 0 aromatic heterocycles. The van der Waals surface area contributed by atoms with E-state index in [2.05, 4.69) is 59.4 Å². The monoisotopic (exact) mass is 304 g/mol. The Kier molecular flexibility index (Phi) is 3.92. The lowest BCUT2D eigenvalue weighted by molar-refractivity contribution is 1.11. The normalized spacial score (nSPS) is 10.4. The largest absolute Gasteiger partial charge is 0.397 e. The fraction of sp³-hybridized carbons (Fsp3) is 0.200. The topological polar surface area (TPSA) is 38.0 Å². The van der Waals surface area contributed by atoms with E-state index in [1.54, 1.807) is 0 Å². The smallest absolute Gasteiger partial charge is 0.0606 e. The summed E-state index contributed by atoms with van der Waals surface area (Å²) >= 11 is 3.50. The number of hydrogen-bond donors (Lipinski definition) is 2. The highest BCUT2D eigenvalue weighted by atomic mass is 79.9. The van der Waals surface area contributed by atoms with Gasteiger partial charge in [-0.1, -0.05) is 34.1 Å². The summed E-state index contributed by atoms with van der Waals surface area (Å²) in [5.74, 6) is 0. The van der Waals surface area contributed by atoms with Gasteiger partial charge < -0.3 is 11.1 Å². The molecule has 2 nitrogen and oxygen atoms in total. The van der Waals surface area contributed by atoms with Crippen molar-refractivity contribution in [2.24, 2.45) is 0 Å². The lowest BCUT2D eigenvalue weighted by Gasteiger charge is -2.13. The number of nitrogens with one attached hydrogen (secondary N) is 1. The highest BCUT2D eigenvalue weighted by molar-refractivity contribution is 9.10. The second-order valence-corrected chi connectivity index (χ2v) is 5.38. The standard InChI is InChI=1S/C15H17BrN2/c1-10-6-7-13(16)8-12(10)9-18-15-11(2)4-3-5-14(15)17/h3-8,18H,9,17H2,1-2H3. The molecule has 0 unspecified atom stereocenters. The van der Waals surface area contributed by atoms with Crippen molar-refractivity contribution < 1.29 is 0 Å². The first-order chi connectivity index (χ1) is 8.58. The summed E-state index contributed by atoms with van der Waals surface area (Å²) in [6, 6.07) is 12.3. The zero-order valence-corrected chi connectivity index (χ0v) is 12.2. The van der Waals surface area contributed by atoms with Gasteiger partial charge in [0.15, 0.2) is 0 Å². The van der Waals surface area contributed by atoms with Gasteiger partial charge in [-0.3, -0.25) is 0 Å². The van der Waals surface area contributed by atoms with Crippen LogP contribution in [-0.4, -0.2) is 0 Å². The van der Waals surface area contributed by atoms with Crippen molar-refractivity contribution in [3.63, 3.8) is 0 Å². The van der Waals surface area contributed by atoms with Crippen molar-refractivity contribution in [1.29, 1.82) is 0 Å². The molecule has 0 amide bonds. The van der Waals surface area contributed by atoms with Gasteiger partial charge >= 0.3 is 0 Å². The maximum absolute atomic E-state index is 5.98. The molecule has 0 saturated heterocycles. The van der Waals surface area contributed by atoms with Crippen LogP contribution >= 0.6 is 15.9 Å². The van der Waals surface area contributed by atoms with Crippen molar-refractivity contribution in [2.75, 3.05) is 11.1 Å². The molecule has 0 aliphatic carbocycles. The molecular weight excluding hydrogens is 288 g/mol. The molecule has 0 fully saturated rings. The Morgan fingerprint density at radius 2 is 1.89 bits per heavy atom. The van der Waals surface area contributed by atoms with Gasteiger partial charge in [-0.2, -0.15) is 0 Å². The first-order valence-electron chi connectivity index (χ1n) is 5.92. The van der Waals surface area contributed by atoms with E-state index in [1.807, 2.05) is 12.1 Å². The third kappa shape index (κ3) is 2.85. The highest BCUT2D eigenvalue weighted by Crippen LogP contribution is 2.24. The van der Waals surface area contributed by atoms with E-state index in [1.165, 1.54) is 16.7 Å². The molecule has 0 saturated carbocycles. The predicted octanol–water partition coefficient (Wildman–Crippen LogP) is 4.26. The molecule has 94 valence electrons. The third-order valence-corrected chi connectivity index (χ3v) is 3.57. The van der Waals surface area contributed by atoms with Crippen LogP contribution in [0.5, 0.6) is 0 Å². The Hall–Kier alpha value is -1.48. The molecule has 3 N–H and O–H groups in total. The molecule has 0 bridgehead atoms. The molecule has 2 rings (SSSR count). The van der Waals surface area contributed by atoms with Gasteiger partial charge in [0.2, 0.25) is 0 Å². The van der Waals surface area contributed by atoms with E-state index in [-0.39, 0.29) is 0 Å². The van der Waals surface area contributed by atoms with Gasteiger partial charge in [-0.05, 0) is 48.7 Å². The van der Waals surface area contributed by atoms with Crippen molar-refractivity contribution >= 4 is 27.3 Å². The van der Waals surface area contributed by atoms with Crippen LogP contribution in [0.15, 0.2) is 40.9 Å². The average molecular weight is 305 g/mol. The van der Waals surface area contributed by atoms with E-state index in [0.29, 0.717) is 0 Å². The third-order valence-electron chi connectivity index (χ3n) is 3.07. The summed E-state index contributed by atoms with van der Waals surface area (Å²) in [7, 11) is 0. The maximum Gasteiger partial charge on any atom is 0.0606 e. The van der Waals surface area contributed by atoms with Crippen LogP contribution in [0.4, 0.5) is 11.4 Å². The van der Waals surface area contributed by atoms with Crippen LogP contribution in [0.2, 0.25) is 0 Å². The SMILES string of the molecule is Cc1ccc(Br)cc1CNc1c(C)cccc1N. The summed E-state index contributed by atoms with van der Waals surface area (Å²) in [6.07, 6.45) is 0. The fourth-order valence-electron chi connectivity index (χ4n) is 1.95. The van der Waals surface area contributed by atoms with Crippen LogP contribution in [0.25, 0.3) is 0 Å². The van der Waals surface area contributed by atoms with Crippen molar-refractivity contribution in [1.82, 2.24) is 0 Å². The quantitative estimate of drug-likeness (QED) is 0.832. The molecule has 0 atom stereocenters. The zero-order chi connectivity index (χ0) is 13.1. The van der Waals surface area contributed by atoms with Gasteiger partial charge in [0.05, 0.1) is 11.4 Å². The molecule has 0 spiro atoms. The lowest BCUT2D eigenvalue weighted by atomic mass is 10.1. The van der Waals surface area contributed by atoms with Crippen LogP contribution in [-0.2, 0) is 6.54 Å². The minimum absolute atomic E-state index is 0.778. The first-order valence-corrected chi connectivity index (χ1v) is 6.71. The van der Waals surface area contributed by atoms with Crippen LogP contribution in [0.3, 0.4) is 0 Å². The average Bonchev–Trinajstić information content (AvgIpc) is 2.33. The molecule has 3 heteroatoms. The van der Waals surface area contributed by atoms with Crippen LogP contribution in [0.1, 0.15) is 16.7 Å². The van der Waals surface area contributed by atoms with E-state index in [0.717, 1.165) is 22.4 Å². The van der Waals surface area contributed by atoms with Crippen LogP contribution in [0, 0.1) is 13.8 Å². The zero-order valence-electron chi connectivity index (χ0n) is 10.6. The number of rotatable bonds is 3. The lowest BCUT2D eigenvalue weighted by Crippen LogP contribution is -2.05. The highest BCUT2D eigenvalue weighted by Gasteiger charge is 2.04. The number of nitrogen functional groups attached to an aromatic ring is 1. The number of aryl methyl sites for hydroxylation is 2. The number of hydrogen-bond acceptors (Lipinski definition) is 2. The Morgan fingerprint density at radius 3 is 2.61 bits per heavy atom. The Morgan fingerprint density at radius 1 is 1.11 bits per heavy atom. The van der Waals surface area contributed by atoms with Crippen molar-refractivity contribution in [2.45, 2.75) is 20.4 Å². The molecule has 0 radical (unpaired) electrons. The first kappa shape index (κ1) is 13.0. The molecule has 0 aliphatic heterocycles. The van der Waals surface area contributed by atoms with E-state index >= 15 is 0 Å². The van der Waals surface area contributed by atoms with E-state index in [9.17, 15) is 0 Å². The number of benzene rings is 2.